The second kappa shape index (κ2) is 2.25. The van der Waals surface area contributed by atoms with Crippen molar-refractivity contribution in [2.75, 3.05) is 0 Å². The van der Waals surface area contributed by atoms with Gasteiger partial charge >= 0.3 is 0 Å². The van der Waals surface area contributed by atoms with E-state index < -0.39 is 0 Å². The summed E-state index contributed by atoms with van der Waals surface area (Å²) < 4.78 is 6.25. The molecule has 0 amide bonds. The first-order chi connectivity index (χ1) is 8.28. The molecule has 2 aliphatic carbocycles. The molecule has 0 radical (unpaired) electrons. The monoisotopic (exact) mass is 224 g/mol. The van der Waals surface area contributed by atoms with Gasteiger partial charge in [-0.25, -0.2) is 0 Å². The molecule has 17 heavy (non-hydrogen) atoms. The first-order valence-electron chi connectivity index (χ1n) is 6.28. The number of hydrogen-bond acceptors (Lipinski definition) is 2. The number of carbonyl (C=O) groups excluding carboxylic acids is 1. The number of hydrogen-bond donors (Lipinski definition) is 0. The molecule has 0 aromatic heterocycles. The number of benzene rings is 1. The van der Waals surface area contributed by atoms with Gasteiger partial charge in [0.15, 0.2) is 5.78 Å². The van der Waals surface area contributed by atoms with Crippen molar-refractivity contribution in [1.82, 2.24) is 0 Å². The summed E-state index contributed by atoms with van der Waals surface area (Å²) >= 11 is 0. The summed E-state index contributed by atoms with van der Waals surface area (Å²) in [5.74, 6) is 0.740. The summed E-state index contributed by atoms with van der Waals surface area (Å²) in [6.07, 6.45) is 6.44. The molecule has 84 valence electrons. The molecule has 2 aliphatic heterocycles. The minimum absolute atomic E-state index is 0.158. The highest BCUT2D eigenvalue weighted by molar-refractivity contribution is 6.08. The normalized spacial score (nSPS) is 47.6. The van der Waals surface area contributed by atoms with Crippen LogP contribution in [0, 0.1) is 11.3 Å². The number of ketones is 1. The summed E-state index contributed by atoms with van der Waals surface area (Å²) in [6.45, 7) is 0. The molecule has 2 bridgehead atoms. The van der Waals surface area contributed by atoms with Crippen LogP contribution < -0.4 is 0 Å². The van der Waals surface area contributed by atoms with Crippen LogP contribution in [0.4, 0.5) is 0 Å². The van der Waals surface area contributed by atoms with Crippen LogP contribution >= 0.6 is 0 Å². The highest BCUT2D eigenvalue weighted by atomic mass is 16.5. The molecule has 4 aliphatic rings. The zero-order valence-corrected chi connectivity index (χ0v) is 9.35. The maximum absolute atomic E-state index is 12.7. The molecule has 2 fully saturated rings. The maximum atomic E-state index is 12.7. The predicted octanol–water partition coefficient (Wildman–Crippen LogP) is 2.44. The van der Waals surface area contributed by atoms with Gasteiger partial charge in [0, 0.05) is 11.5 Å². The van der Waals surface area contributed by atoms with E-state index >= 15 is 0 Å². The third kappa shape index (κ3) is 0.630. The van der Waals surface area contributed by atoms with Crippen LogP contribution in [0.1, 0.15) is 28.8 Å². The Bertz CT molecular complexity index is 603. The van der Waals surface area contributed by atoms with Crippen molar-refractivity contribution in [3.8, 4) is 0 Å². The largest absolute Gasteiger partial charge is 0.361 e. The van der Waals surface area contributed by atoms with Crippen molar-refractivity contribution < 1.29 is 9.53 Å². The van der Waals surface area contributed by atoms with Gasteiger partial charge in [-0.2, -0.15) is 0 Å². The van der Waals surface area contributed by atoms with Crippen LogP contribution in [0.2, 0.25) is 0 Å². The van der Waals surface area contributed by atoms with Crippen molar-refractivity contribution >= 4 is 5.78 Å². The number of ether oxygens (including phenoxy) is 1. The number of Topliss-reactive ketones (excluding diaryl/α,β-unsaturated/α-hetero) is 1. The quantitative estimate of drug-likeness (QED) is 0.633. The van der Waals surface area contributed by atoms with Gasteiger partial charge in [0.05, 0.1) is 11.5 Å². The maximum Gasteiger partial charge on any atom is 0.172 e. The molecule has 2 heteroatoms. The van der Waals surface area contributed by atoms with Gasteiger partial charge in [-0.05, 0) is 18.4 Å². The van der Waals surface area contributed by atoms with E-state index in [1.165, 1.54) is 0 Å². The van der Waals surface area contributed by atoms with Gasteiger partial charge in [-0.3, -0.25) is 4.79 Å². The Morgan fingerprint density at radius 3 is 3.00 bits per heavy atom. The van der Waals surface area contributed by atoms with Crippen molar-refractivity contribution in [2.24, 2.45) is 11.3 Å². The van der Waals surface area contributed by atoms with Crippen molar-refractivity contribution in [3.63, 3.8) is 0 Å². The molecule has 2 heterocycles. The minimum Gasteiger partial charge on any atom is -0.361 e. The fourth-order valence-corrected chi connectivity index (χ4v) is 4.66. The Morgan fingerprint density at radius 1 is 1.18 bits per heavy atom. The smallest absolute Gasteiger partial charge is 0.172 e. The molecule has 1 aromatic rings. The summed E-state index contributed by atoms with van der Waals surface area (Å²) in [5, 5.41) is 0. The third-order valence-electron chi connectivity index (χ3n) is 5.25. The average Bonchev–Trinajstić information content (AvgIpc) is 2.57. The molecule has 5 rings (SSSR count). The Morgan fingerprint density at radius 2 is 2.06 bits per heavy atom. The minimum atomic E-state index is -0.292. The van der Waals surface area contributed by atoms with Gasteiger partial charge in [0.25, 0.3) is 0 Å². The average molecular weight is 224 g/mol. The number of carbonyl (C=O) groups is 1. The lowest BCUT2D eigenvalue weighted by Crippen LogP contribution is -2.58. The molecular weight excluding hydrogens is 212 g/mol. The third-order valence-corrected chi connectivity index (χ3v) is 5.25. The van der Waals surface area contributed by atoms with E-state index in [0.717, 1.165) is 24.0 Å². The zero-order chi connectivity index (χ0) is 11.3. The first-order valence-corrected chi connectivity index (χ1v) is 6.28. The van der Waals surface area contributed by atoms with Crippen LogP contribution in [-0.2, 0) is 10.3 Å². The Labute approximate surface area is 99.3 Å². The molecule has 1 saturated heterocycles. The molecule has 1 spiro atoms. The highest BCUT2D eigenvalue weighted by Crippen LogP contribution is 2.75. The van der Waals surface area contributed by atoms with E-state index in [2.05, 4.69) is 18.2 Å². The van der Waals surface area contributed by atoms with Crippen LogP contribution in [-0.4, -0.2) is 11.9 Å². The molecule has 4 atom stereocenters. The molecule has 2 nitrogen and oxygen atoms in total. The van der Waals surface area contributed by atoms with Gasteiger partial charge < -0.3 is 4.74 Å². The van der Waals surface area contributed by atoms with Crippen LogP contribution in [0.25, 0.3) is 0 Å². The second-order valence-electron chi connectivity index (χ2n) is 5.75. The Hall–Kier alpha value is -1.41. The predicted molar refractivity (Wildman–Crippen MR) is 61.6 cm³/mol. The highest BCUT2D eigenvalue weighted by Gasteiger charge is 2.79. The number of rotatable bonds is 0. The molecule has 1 saturated carbocycles. The summed E-state index contributed by atoms with van der Waals surface area (Å²) in [5.41, 5.74) is 1.53. The lowest BCUT2D eigenvalue weighted by molar-refractivity contribution is -0.168. The van der Waals surface area contributed by atoms with Crippen LogP contribution in [0.5, 0.6) is 0 Å². The Kier molecular flexibility index (Phi) is 1.15. The van der Waals surface area contributed by atoms with Gasteiger partial charge in [0.1, 0.15) is 5.60 Å². The summed E-state index contributed by atoms with van der Waals surface area (Å²) in [6, 6.07) is 8.03. The van der Waals surface area contributed by atoms with Gasteiger partial charge in [-0.15, -0.1) is 0 Å². The first kappa shape index (κ1) is 8.65. The van der Waals surface area contributed by atoms with E-state index in [0.29, 0.717) is 11.7 Å². The van der Waals surface area contributed by atoms with E-state index in [1.54, 1.807) is 0 Å². The fourth-order valence-electron chi connectivity index (χ4n) is 4.66. The van der Waals surface area contributed by atoms with E-state index in [9.17, 15) is 4.79 Å². The van der Waals surface area contributed by atoms with Crippen molar-refractivity contribution in [1.29, 1.82) is 0 Å². The molecule has 0 N–H and O–H groups in total. The van der Waals surface area contributed by atoms with E-state index in [1.807, 2.05) is 18.2 Å². The molecule has 0 unspecified atom stereocenters. The topological polar surface area (TPSA) is 26.3 Å². The van der Waals surface area contributed by atoms with E-state index in [4.69, 9.17) is 4.74 Å². The fraction of sp³-hybridized carbons (Fsp3) is 0.400. The Balaban J connectivity index is 1.90. The SMILES string of the molecule is O=C1c2ccccc2[C@@]23O[C@H]4C=C[C@@H]2C[C@@]13C4. The van der Waals surface area contributed by atoms with Crippen molar-refractivity contribution in [3.05, 3.63) is 47.5 Å². The number of fused-ring (bicyclic) bond motifs is 2. The van der Waals surface area contributed by atoms with Gasteiger partial charge in [0.2, 0.25) is 0 Å². The van der Waals surface area contributed by atoms with Crippen molar-refractivity contribution in [2.45, 2.75) is 24.5 Å². The lowest BCUT2D eigenvalue weighted by Gasteiger charge is -2.54. The van der Waals surface area contributed by atoms with Gasteiger partial charge in [-0.1, -0.05) is 36.4 Å². The lowest BCUT2D eigenvalue weighted by atomic mass is 9.51. The standard InChI is InChI=1S/C15H12O2/c16-13-11-3-1-2-4-12(11)15-9-5-6-10(17-15)8-14(13,15)7-9/h1-6,9-10H,7-8H2/t9-,10+,14-,15+/m1/s1. The van der Waals surface area contributed by atoms with E-state index in [-0.39, 0.29) is 17.1 Å². The summed E-state index contributed by atoms with van der Waals surface area (Å²) in [7, 11) is 0. The second-order valence-corrected chi connectivity index (χ2v) is 5.75. The molecule has 1 aromatic carbocycles. The van der Waals surface area contributed by atoms with Crippen LogP contribution in [0.15, 0.2) is 36.4 Å². The zero-order valence-electron chi connectivity index (χ0n) is 9.35. The molecular formula is C15H12O2. The van der Waals surface area contributed by atoms with Crippen LogP contribution in [0.3, 0.4) is 0 Å². The summed E-state index contributed by atoms with van der Waals surface area (Å²) in [4.78, 5) is 12.7.